The van der Waals surface area contributed by atoms with Crippen LogP contribution < -0.4 is 10.1 Å². The van der Waals surface area contributed by atoms with Crippen molar-refractivity contribution < 1.29 is 9.84 Å². The third-order valence-electron chi connectivity index (χ3n) is 3.24. The van der Waals surface area contributed by atoms with E-state index in [9.17, 15) is 5.11 Å². The second-order valence-corrected chi connectivity index (χ2v) is 6.00. The maximum Gasteiger partial charge on any atom is 0.119 e. The van der Waals surface area contributed by atoms with Crippen molar-refractivity contribution in [1.29, 1.82) is 0 Å². The molecule has 118 valence electrons. The molecular weight excluding hydrogens is 298 g/mol. The minimum Gasteiger partial charge on any atom is -0.491 e. The third kappa shape index (κ3) is 5.34. The van der Waals surface area contributed by atoms with Crippen LogP contribution in [-0.4, -0.2) is 30.4 Å². The molecule has 0 aliphatic carbocycles. The fraction of sp³-hybridized carbons (Fsp3) is 0.333. The van der Waals surface area contributed by atoms with Crippen LogP contribution >= 0.6 is 11.6 Å². The monoisotopic (exact) mass is 319 g/mol. The molecule has 0 heterocycles. The van der Waals surface area contributed by atoms with Crippen molar-refractivity contribution in [3.8, 4) is 16.9 Å². The smallest absolute Gasteiger partial charge is 0.119 e. The Balaban J connectivity index is 1.88. The lowest BCUT2D eigenvalue weighted by Crippen LogP contribution is -2.35. The lowest BCUT2D eigenvalue weighted by atomic mass is 10.1. The Morgan fingerprint density at radius 2 is 1.55 bits per heavy atom. The summed E-state index contributed by atoms with van der Waals surface area (Å²) >= 11 is 5.89. The van der Waals surface area contributed by atoms with Crippen LogP contribution in [0.4, 0.5) is 0 Å². The van der Waals surface area contributed by atoms with Crippen LogP contribution in [0.25, 0.3) is 11.1 Å². The Morgan fingerprint density at radius 1 is 1.00 bits per heavy atom. The molecule has 0 amide bonds. The number of ether oxygens (including phenoxy) is 1. The maximum absolute atomic E-state index is 9.82. The highest BCUT2D eigenvalue weighted by Crippen LogP contribution is 2.23. The van der Waals surface area contributed by atoms with E-state index < -0.39 is 6.10 Å². The van der Waals surface area contributed by atoms with Gasteiger partial charge in [-0.25, -0.2) is 0 Å². The molecule has 0 radical (unpaired) electrons. The quantitative estimate of drug-likeness (QED) is 0.816. The van der Waals surface area contributed by atoms with Crippen LogP contribution in [0.5, 0.6) is 5.75 Å². The van der Waals surface area contributed by atoms with E-state index >= 15 is 0 Å². The van der Waals surface area contributed by atoms with Gasteiger partial charge in [0.1, 0.15) is 18.5 Å². The standard InChI is InChI=1S/C18H22ClNO2/c1-13(2)20-11-17(21)12-22-18-9-5-15(6-10-18)14-3-7-16(19)8-4-14/h3-10,13,17,20-21H,11-12H2,1-2H3. The average Bonchev–Trinajstić information content (AvgIpc) is 2.52. The van der Waals surface area contributed by atoms with E-state index in [4.69, 9.17) is 16.3 Å². The molecule has 0 bridgehead atoms. The number of aliphatic hydroxyl groups is 1. The zero-order valence-corrected chi connectivity index (χ0v) is 13.7. The second kappa shape index (κ2) is 8.18. The molecule has 2 aromatic rings. The van der Waals surface area contributed by atoms with Crippen LogP contribution in [0.3, 0.4) is 0 Å². The first-order chi connectivity index (χ1) is 10.5. The number of benzene rings is 2. The summed E-state index contributed by atoms with van der Waals surface area (Å²) in [4.78, 5) is 0. The van der Waals surface area contributed by atoms with Crippen LogP contribution in [0, 0.1) is 0 Å². The van der Waals surface area contributed by atoms with E-state index in [0.717, 1.165) is 21.9 Å². The van der Waals surface area contributed by atoms with Gasteiger partial charge in [0, 0.05) is 17.6 Å². The van der Waals surface area contributed by atoms with Gasteiger partial charge in [-0.15, -0.1) is 0 Å². The number of halogens is 1. The largest absolute Gasteiger partial charge is 0.491 e. The first-order valence-corrected chi connectivity index (χ1v) is 7.82. The van der Waals surface area contributed by atoms with E-state index in [2.05, 4.69) is 5.32 Å². The highest BCUT2D eigenvalue weighted by atomic mass is 35.5. The number of nitrogens with one attached hydrogen (secondary N) is 1. The molecule has 0 aliphatic rings. The van der Waals surface area contributed by atoms with Gasteiger partial charge in [-0.2, -0.15) is 0 Å². The first-order valence-electron chi connectivity index (χ1n) is 7.45. The van der Waals surface area contributed by atoms with Crippen molar-refractivity contribution >= 4 is 11.6 Å². The molecule has 0 saturated heterocycles. The molecule has 0 aromatic heterocycles. The average molecular weight is 320 g/mol. The van der Waals surface area contributed by atoms with Crippen molar-refractivity contribution in [2.24, 2.45) is 0 Å². The number of rotatable bonds is 7. The minimum atomic E-state index is -0.515. The molecular formula is C18H22ClNO2. The summed E-state index contributed by atoms with van der Waals surface area (Å²) in [7, 11) is 0. The molecule has 0 fully saturated rings. The fourth-order valence-corrected chi connectivity index (χ4v) is 2.14. The summed E-state index contributed by atoms with van der Waals surface area (Å²) in [6.07, 6.45) is -0.515. The summed E-state index contributed by atoms with van der Waals surface area (Å²) in [5, 5.41) is 13.7. The number of hydrogen-bond donors (Lipinski definition) is 2. The van der Waals surface area contributed by atoms with Crippen molar-refractivity contribution in [2.45, 2.75) is 26.0 Å². The minimum absolute atomic E-state index is 0.278. The lowest BCUT2D eigenvalue weighted by Gasteiger charge is -2.15. The summed E-state index contributed by atoms with van der Waals surface area (Å²) in [5.74, 6) is 0.751. The van der Waals surface area contributed by atoms with Crippen molar-refractivity contribution in [3.05, 3.63) is 53.6 Å². The lowest BCUT2D eigenvalue weighted by molar-refractivity contribution is 0.104. The molecule has 3 nitrogen and oxygen atoms in total. The van der Waals surface area contributed by atoms with Crippen molar-refractivity contribution in [1.82, 2.24) is 5.32 Å². The Morgan fingerprint density at radius 3 is 2.09 bits per heavy atom. The Kier molecular flexibility index (Phi) is 6.25. The van der Waals surface area contributed by atoms with Gasteiger partial charge in [0.15, 0.2) is 0 Å². The highest BCUT2D eigenvalue weighted by Gasteiger charge is 2.06. The van der Waals surface area contributed by atoms with Crippen LogP contribution in [-0.2, 0) is 0 Å². The summed E-state index contributed by atoms with van der Waals surface area (Å²) in [6.45, 7) is 4.90. The highest BCUT2D eigenvalue weighted by molar-refractivity contribution is 6.30. The summed E-state index contributed by atoms with van der Waals surface area (Å²) in [5.41, 5.74) is 2.21. The van der Waals surface area contributed by atoms with Crippen LogP contribution in [0.2, 0.25) is 5.02 Å². The predicted octanol–water partition coefficient (Wildman–Crippen LogP) is 3.74. The van der Waals surface area contributed by atoms with Crippen molar-refractivity contribution in [3.63, 3.8) is 0 Å². The molecule has 2 rings (SSSR count). The van der Waals surface area contributed by atoms with E-state index in [0.29, 0.717) is 12.6 Å². The van der Waals surface area contributed by atoms with E-state index in [1.54, 1.807) is 0 Å². The predicted molar refractivity (Wildman–Crippen MR) is 91.5 cm³/mol. The van der Waals surface area contributed by atoms with Gasteiger partial charge in [-0.3, -0.25) is 0 Å². The van der Waals surface area contributed by atoms with E-state index in [-0.39, 0.29) is 6.61 Å². The van der Waals surface area contributed by atoms with Crippen LogP contribution in [0.1, 0.15) is 13.8 Å². The molecule has 1 atom stereocenters. The SMILES string of the molecule is CC(C)NCC(O)COc1ccc(-c2ccc(Cl)cc2)cc1. The van der Waals surface area contributed by atoms with Crippen molar-refractivity contribution in [2.75, 3.05) is 13.2 Å². The van der Waals surface area contributed by atoms with E-state index in [1.807, 2.05) is 62.4 Å². The molecule has 0 aliphatic heterocycles. The van der Waals surface area contributed by atoms with Gasteiger partial charge < -0.3 is 15.2 Å². The third-order valence-corrected chi connectivity index (χ3v) is 3.49. The molecule has 2 aromatic carbocycles. The molecule has 0 spiro atoms. The van der Waals surface area contributed by atoms with Gasteiger partial charge in [-0.1, -0.05) is 49.7 Å². The normalized spacial score (nSPS) is 12.4. The Labute approximate surface area is 136 Å². The summed E-state index contributed by atoms with van der Waals surface area (Å²) < 4.78 is 5.60. The van der Waals surface area contributed by atoms with Gasteiger partial charge in [0.25, 0.3) is 0 Å². The Bertz CT molecular complexity index is 567. The first kappa shape index (κ1) is 16.8. The molecule has 0 saturated carbocycles. The molecule has 4 heteroatoms. The van der Waals surface area contributed by atoms with Gasteiger partial charge in [-0.05, 0) is 35.4 Å². The Hall–Kier alpha value is -1.55. The van der Waals surface area contributed by atoms with Gasteiger partial charge >= 0.3 is 0 Å². The molecule has 22 heavy (non-hydrogen) atoms. The zero-order chi connectivity index (χ0) is 15.9. The second-order valence-electron chi connectivity index (χ2n) is 5.56. The van der Waals surface area contributed by atoms with Gasteiger partial charge in [0.2, 0.25) is 0 Å². The maximum atomic E-state index is 9.82. The zero-order valence-electron chi connectivity index (χ0n) is 12.9. The molecule has 2 N–H and O–H groups in total. The fourth-order valence-electron chi connectivity index (χ4n) is 2.01. The molecule has 1 unspecified atom stereocenters. The number of aliphatic hydroxyl groups excluding tert-OH is 1. The van der Waals surface area contributed by atoms with E-state index in [1.165, 1.54) is 0 Å². The number of hydrogen-bond acceptors (Lipinski definition) is 3. The summed E-state index contributed by atoms with van der Waals surface area (Å²) in [6, 6.07) is 15.9. The van der Waals surface area contributed by atoms with Crippen LogP contribution in [0.15, 0.2) is 48.5 Å². The topological polar surface area (TPSA) is 41.5 Å². The van der Waals surface area contributed by atoms with Gasteiger partial charge in [0.05, 0.1) is 0 Å².